The van der Waals surface area contributed by atoms with E-state index in [0.717, 1.165) is 6.42 Å². The number of sulfonamides is 1. The lowest BCUT2D eigenvalue weighted by atomic mass is 10.1. The molecule has 21 heavy (non-hydrogen) atoms. The van der Waals surface area contributed by atoms with Crippen LogP contribution in [0.3, 0.4) is 0 Å². The van der Waals surface area contributed by atoms with Gasteiger partial charge in [-0.15, -0.1) is 0 Å². The Morgan fingerprint density at radius 3 is 2.71 bits per heavy atom. The molecule has 0 bridgehead atoms. The molecule has 1 aromatic carbocycles. The highest BCUT2D eigenvalue weighted by atomic mass is 32.2. The van der Waals surface area contributed by atoms with Crippen LogP contribution in [-0.4, -0.2) is 32.6 Å². The number of methoxy groups -OCH3 is 1. The zero-order valence-electron chi connectivity index (χ0n) is 12.2. The molecule has 0 radical (unpaired) electrons. The van der Waals surface area contributed by atoms with Gasteiger partial charge in [0, 0.05) is 7.11 Å². The first-order chi connectivity index (χ1) is 9.90. The first-order valence-corrected chi connectivity index (χ1v) is 8.22. The van der Waals surface area contributed by atoms with Gasteiger partial charge < -0.3 is 9.84 Å². The lowest BCUT2D eigenvalue weighted by Crippen LogP contribution is -2.40. The van der Waals surface area contributed by atoms with Crippen LogP contribution in [0, 0.1) is 0 Å². The van der Waals surface area contributed by atoms with Gasteiger partial charge in [-0.3, -0.25) is 4.79 Å². The van der Waals surface area contributed by atoms with Crippen LogP contribution in [0.2, 0.25) is 0 Å². The van der Waals surface area contributed by atoms with Crippen molar-refractivity contribution >= 4 is 16.0 Å². The molecule has 1 rings (SSSR count). The van der Waals surface area contributed by atoms with Crippen LogP contribution >= 0.6 is 0 Å². The Labute approximate surface area is 125 Å². The van der Waals surface area contributed by atoms with Crippen LogP contribution in [0.15, 0.2) is 29.2 Å². The zero-order chi connectivity index (χ0) is 15.9. The van der Waals surface area contributed by atoms with Gasteiger partial charge in [0.05, 0.1) is 11.5 Å². The van der Waals surface area contributed by atoms with Crippen LogP contribution in [0.4, 0.5) is 0 Å². The van der Waals surface area contributed by atoms with Gasteiger partial charge in [-0.25, -0.2) is 8.42 Å². The number of carbonyl (C=O) groups is 1. The molecule has 0 aliphatic heterocycles. The second kappa shape index (κ2) is 8.11. The molecule has 0 saturated heterocycles. The molecular formula is C14H21NO5S. The number of unbranched alkanes of at least 4 members (excludes halogenated alkanes) is 1. The van der Waals surface area contributed by atoms with Gasteiger partial charge in [-0.1, -0.05) is 31.9 Å². The number of carboxylic acid groups (broad SMARTS) is 1. The van der Waals surface area contributed by atoms with E-state index in [1.807, 2.05) is 6.92 Å². The molecule has 0 aromatic heterocycles. The minimum atomic E-state index is -3.86. The SMILES string of the molecule is CCCCC(NS(=O)(=O)c1cccc(COC)c1)C(=O)O. The highest BCUT2D eigenvalue weighted by Crippen LogP contribution is 2.14. The third kappa shape index (κ3) is 5.45. The van der Waals surface area contributed by atoms with Crippen molar-refractivity contribution in [2.75, 3.05) is 7.11 Å². The minimum absolute atomic E-state index is 0.0415. The monoisotopic (exact) mass is 315 g/mol. The van der Waals surface area contributed by atoms with Crippen molar-refractivity contribution in [2.24, 2.45) is 0 Å². The number of hydrogen-bond donors (Lipinski definition) is 2. The fourth-order valence-corrected chi connectivity index (χ4v) is 3.16. The van der Waals surface area contributed by atoms with Crippen LogP contribution in [0.25, 0.3) is 0 Å². The Kier molecular flexibility index (Phi) is 6.80. The standard InChI is InChI=1S/C14H21NO5S/c1-3-4-8-13(14(16)17)15-21(18,19)12-7-5-6-11(9-12)10-20-2/h5-7,9,13,15H,3-4,8,10H2,1-2H3,(H,16,17). The average Bonchev–Trinajstić information content (AvgIpc) is 2.44. The van der Waals surface area contributed by atoms with E-state index in [1.54, 1.807) is 12.1 Å². The van der Waals surface area contributed by atoms with Gasteiger partial charge in [0.25, 0.3) is 0 Å². The van der Waals surface area contributed by atoms with Crippen molar-refractivity contribution in [2.45, 2.75) is 43.7 Å². The largest absolute Gasteiger partial charge is 0.480 e. The van der Waals surface area contributed by atoms with Crippen molar-refractivity contribution in [1.82, 2.24) is 4.72 Å². The van der Waals surface area contributed by atoms with E-state index in [-0.39, 0.29) is 11.3 Å². The first-order valence-electron chi connectivity index (χ1n) is 6.73. The molecule has 118 valence electrons. The predicted molar refractivity (Wildman–Crippen MR) is 78.4 cm³/mol. The maximum Gasteiger partial charge on any atom is 0.321 e. The van der Waals surface area contributed by atoms with Crippen molar-refractivity contribution in [3.8, 4) is 0 Å². The Morgan fingerprint density at radius 2 is 2.14 bits per heavy atom. The number of aliphatic carboxylic acids is 1. The molecule has 0 aliphatic carbocycles. The molecule has 0 heterocycles. The number of ether oxygens (including phenoxy) is 1. The van der Waals surface area contributed by atoms with Crippen LogP contribution in [-0.2, 0) is 26.2 Å². The lowest BCUT2D eigenvalue weighted by Gasteiger charge is -2.15. The highest BCUT2D eigenvalue weighted by Gasteiger charge is 2.24. The Bertz CT molecular complexity index is 570. The molecule has 6 nitrogen and oxygen atoms in total. The second-order valence-electron chi connectivity index (χ2n) is 4.73. The maximum atomic E-state index is 12.3. The molecule has 1 aromatic rings. The van der Waals surface area contributed by atoms with Crippen LogP contribution in [0.1, 0.15) is 31.7 Å². The molecule has 0 amide bonds. The summed E-state index contributed by atoms with van der Waals surface area (Å²) in [4.78, 5) is 11.2. The summed E-state index contributed by atoms with van der Waals surface area (Å²) in [6.07, 6.45) is 1.71. The van der Waals surface area contributed by atoms with Gasteiger partial charge in [-0.05, 0) is 24.1 Å². The molecule has 0 aliphatic rings. The topological polar surface area (TPSA) is 92.7 Å². The highest BCUT2D eigenvalue weighted by molar-refractivity contribution is 7.89. The van der Waals surface area contributed by atoms with Crippen molar-refractivity contribution in [3.05, 3.63) is 29.8 Å². The quantitative estimate of drug-likeness (QED) is 0.724. The van der Waals surface area contributed by atoms with Gasteiger partial charge in [0.2, 0.25) is 10.0 Å². The number of nitrogens with one attached hydrogen (secondary N) is 1. The predicted octanol–water partition coefficient (Wildman–Crippen LogP) is 1.75. The summed E-state index contributed by atoms with van der Waals surface area (Å²) in [5, 5.41) is 9.10. The lowest BCUT2D eigenvalue weighted by molar-refractivity contribution is -0.139. The number of rotatable bonds is 9. The van der Waals surface area contributed by atoms with Gasteiger partial charge in [-0.2, -0.15) is 4.72 Å². The molecular weight excluding hydrogens is 294 g/mol. The summed E-state index contributed by atoms with van der Waals surface area (Å²) in [5.41, 5.74) is 0.709. The number of benzene rings is 1. The smallest absolute Gasteiger partial charge is 0.321 e. The van der Waals surface area contributed by atoms with Crippen molar-refractivity contribution in [3.63, 3.8) is 0 Å². The third-order valence-electron chi connectivity index (χ3n) is 2.96. The van der Waals surface area contributed by atoms with E-state index >= 15 is 0 Å². The van der Waals surface area contributed by atoms with E-state index < -0.39 is 22.0 Å². The maximum absolute atomic E-state index is 12.3. The molecule has 1 unspecified atom stereocenters. The van der Waals surface area contributed by atoms with E-state index in [0.29, 0.717) is 18.6 Å². The summed E-state index contributed by atoms with van der Waals surface area (Å²) in [6.45, 7) is 2.21. The van der Waals surface area contributed by atoms with Crippen molar-refractivity contribution in [1.29, 1.82) is 0 Å². The van der Waals surface area contributed by atoms with Crippen LogP contribution in [0.5, 0.6) is 0 Å². The van der Waals surface area contributed by atoms with Crippen molar-refractivity contribution < 1.29 is 23.1 Å². The number of hydrogen-bond acceptors (Lipinski definition) is 4. The second-order valence-corrected chi connectivity index (χ2v) is 6.45. The van der Waals surface area contributed by atoms with E-state index in [9.17, 15) is 13.2 Å². The summed E-state index contributed by atoms with van der Waals surface area (Å²) in [7, 11) is -2.34. The summed E-state index contributed by atoms with van der Waals surface area (Å²) in [6, 6.07) is 5.14. The van der Waals surface area contributed by atoms with E-state index in [2.05, 4.69) is 4.72 Å². The molecule has 7 heteroatoms. The minimum Gasteiger partial charge on any atom is -0.480 e. The third-order valence-corrected chi connectivity index (χ3v) is 4.43. The van der Waals surface area contributed by atoms with Gasteiger partial charge in [0.15, 0.2) is 0 Å². The molecule has 1 atom stereocenters. The molecule has 0 fully saturated rings. The Hall–Kier alpha value is -1.44. The summed E-state index contributed by atoms with van der Waals surface area (Å²) < 4.78 is 31.7. The zero-order valence-corrected chi connectivity index (χ0v) is 13.0. The Morgan fingerprint density at radius 1 is 1.43 bits per heavy atom. The normalized spacial score (nSPS) is 13.0. The fourth-order valence-electron chi connectivity index (χ4n) is 1.87. The molecule has 2 N–H and O–H groups in total. The first kappa shape index (κ1) is 17.6. The fraction of sp³-hybridized carbons (Fsp3) is 0.500. The van der Waals surface area contributed by atoms with E-state index in [4.69, 9.17) is 9.84 Å². The van der Waals surface area contributed by atoms with Crippen LogP contribution < -0.4 is 4.72 Å². The summed E-state index contributed by atoms with van der Waals surface area (Å²) in [5.74, 6) is -1.17. The van der Waals surface area contributed by atoms with Gasteiger partial charge in [0.1, 0.15) is 6.04 Å². The average molecular weight is 315 g/mol. The molecule has 0 saturated carbocycles. The summed E-state index contributed by atoms with van der Waals surface area (Å²) >= 11 is 0. The molecule has 0 spiro atoms. The van der Waals surface area contributed by atoms with Gasteiger partial charge >= 0.3 is 5.97 Å². The Balaban J connectivity index is 2.93. The van der Waals surface area contributed by atoms with E-state index in [1.165, 1.54) is 19.2 Å². The number of carboxylic acids is 1.